The van der Waals surface area contributed by atoms with Crippen molar-refractivity contribution in [2.75, 3.05) is 9.80 Å². The minimum atomic E-state index is -0.229. The van der Waals surface area contributed by atoms with Crippen LogP contribution in [0.5, 0.6) is 0 Å². The Balaban J connectivity index is 1.02. The molecule has 414 valence electrons. The second-order valence-electron chi connectivity index (χ2n) is 23.4. The van der Waals surface area contributed by atoms with E-state index in [4.69, 9.17) is 4.98 Å². The van der Waals surface area contributed by atoms with Gasteiger partial charge in [0.1, 0.15) is 0 Å². The zero-order valence-electron chi connectivity index (χ0n) is 48.5. The van der Waals surface area contributed by atoms with Gasteiger partial charge >= 0.3 is 0 Å². The Labute approximate surface area is 516 Å². The Kier molecular flexibility index (Phi) is 11.6. The lowest BCUT2D eigenvalue weighted by atomic mass is 9.33. The van der Waals surface area contributed by atoms with E-state index in [1.807, 2.05) is 12.4 Å². The molecule has 0 unspecified atom stereocenters. The molecule has 18 rings (SSSR count). The van der Waals surface area contributed by atoms with Crippen LogP contribution >= 0.6 is 0 Å². The van der Waals surface area contributed by atoms with Gasteiger partial charge in [0.2, 0.25) is 0 Å². The van der Waals surface area contributed by atoms with E-state index in [-0.39, 0.29) is 6.71 Å². The molecule has 0 radical (unpaired) electrons. The van der Waals surface area contributed by atoms with E-state index < -0.39 is 0 Å². The van der Waals surface area contributed by atoms with Gasteiger partial charge in [0.15, 0.2) is 0 Å². The predicted octanol–water partition coefficient (Wildman–Crippen LogP) is 19.7. The summed E-state index contributed by atoms with van der Waals surface area (Å²) in [5.74, 6) is 0. The highest BCUT2D eigenvalue weighted by atomic mass is 15.2. The van der Waals surface area contributed by atoms with Crippen LogP contribution in [0.1, 0.15) is 0 Å². The average molecular weight is 1130 g/mol. The maximum absolute atomic E-state index is 4.85. The normalized spacial score (nSPS) is 12.4. The molecule has 0 amide bonds. The van der Waals surface area contributed by atoms with Crippen molar-refractivity contribution in [3.05, 3.63) is 328 Å². The number of benzene rings is 13. The molecule has 6 heteroatoms. The van der Waals surface area contributed by atoms with Crippen molar-refractivity contribution in [3.8, 4) is 67.0 Å². The maximum Gasteiger partial charge on any atom is 0.252 e. The first-order chi connectivity index (χ1) is 44.2. The van der Waals surface area contributed by atoms with Crippen LogP contribution < -0.4 is 26.2 Å². The van der Waals surface area contributed by atoms with E-state index in [0.29, 0.717) is 0 Å². The molecule has 2 aliphatic heterocycles. The third-order valence-corrected chi connectivity index (χ3v) is 18.6. The lowest BCUT2D eigenvalue weighted by Crippen LogP contribution is -2.61. The highest BCUT2D eigenvalue weighted by Gasteiger charge is 2.46. The molecule has 0 atom stereocenters. The van der Waals surface area contributed by atoms with Gasteiger partial charge < -0.3 is 18.9 Å². The van der Waals surface area contributed by atoms with Crippen LogP contribution in [-0.2, 0) is 0 Å². The van der Waals surface area contributed by atoms with Gasteiger partial charge in [-0.3, -0.25) is 4.98 Å². The summed E-state index contributed by atoms with van der Waals surface area (Å²) in [5, 5.41) is 4.89. The summed E-state index contributed by atoms with van der Waals surface area (Å²) >= 11 is 0. The van der Waals surface area contributed by atoms with Crippen molar-refractivity contribution < 1.29 is 0 Å². The van der Waals surface area contributed by atoms with Gasteiger partial charge in [0.25, 0.3) is 6.71 Å². The summed E-state index contributed by atoms with van der Waals surface area (Å²) in [6.07, 6.45) is 3.90. The quantitative estimate of drug-likeness (QED) is 0.135. The Morgan fingerprint density at radius 1 is 0.258 bits per heavy atom. The second kappa shape index (κ2) is 20.5. The molecule has 0 saturated heterocycles. The maximum atomic E-state index is 4.85. The Morgan fingerprint density at radius 3 is 0.944 bits per heavy atom. The summed E-state index contributed by atoms with van der Waals surface area (Å²) in [4.78, 5) is 10.1. The fourth-order valence-electron chi connectivity index (χ4n) is 14.8. The molecule has 3 aromatic heterocycles. The van der Waals surface area contributed by atoms with Crippen molar-refractivity contribution in [1.82, 2.24) is 14.1 Å². The molecule has 0 saturated carbocycles. The van der Waals surface area contributed by atoms with Crippen LogP contribution in [-0.4, -0.2) is 20.8 Å². The monoisotopic (exact) mass is 1130 g/mol. The van der Waals surface area contributed by atoms with Crippen molar-refractivity contribution in [2.24, 2.45) is 0 Å². The highest BCUT2D eigenvalue weighted by molar-refractivity contribution is 7.00. The molecule has 0 bridgehead atoms. The van der Waals surface area contributed by atoms with Gasteiger partial charge in [-0.15, -0.1) is 0 Å². The molecular weight excluding hydrogens is 1080 g/mol. The van der Waals surface area contributed by atoms with Crippen LogP contribution in [0.2, 0.25) is 0 Å². The zero-order valence-corrected chi connectivity index (χ0v) is 48.5. The van der Waals surface area contributed by atoms with E-state index in [9.17, 15) is 0 Å². The molecule has 5 heterocycles. The van der Waals surface area contributed by atoms with E-state index >= 15 is 0 Å². The summed E-state index contributed by atoms with van der Waals surface area (Å²) in [5.41, 5.74) is 28.2. The molecular formula is C83H54BN5. The fourth-order valence-corrected chi connectivity index (χ4v) is 14.8. The number of rotatable bonds is 9. The molecule has 0 N–H and O–H groups in total. The number of fused-ring (bicyclic) bond motifs is 10. The van der Waals surface area contributed by atoms with Crippen LogP contribution in [0.25, 0.3) is 111 Å². The van der Waals surface area contributed by atoms with E-state index in [0.717, 1.165) is 123 Å². The molecule has 0 aliphatic carbocycles. The van der Waals surface area contributed by atoms with Crippen molar-refractivity contribution in [3.63, 3.8) is 0 Å². The number of hydrogen-bond acceptors (Lipinski definition) is 3. The lowest BCUT2D eigenvalue weighted by molar-refractivity contribution is 1.17. The molecule has 89 heavy (non-hydrogen) atoms. The molecule has 0 spiro atoms. The summed E-state index contributed by atoms with van der Waals surface area (Å²) < 4.78 is 4.94. The average Bonchev–Trinajstić information content (AvgIpc) is 1.28. The number of nitrogens with zero attached hydrogens (tertiary/aromatic N) is 5. The summed E-state index contributed by atoms with van der Waals surface area (Å²) in [7, 11) is 0. The van der Waals surface area contributed by atoms with Crippen molar-refractivity contribution >= 4 is 101 Å². The second-order valence-corrected chi connectivity index (χ2v) is 23.4. The number of aromatic nitrogens is 3. The van der Waals surface area contributed by atoms with E-state index in [1.54, 1.807) is 0 Å². The third kappa shape index (κ3) is 7.94. The SMILES string of the molecule is c1ccc(-c2cccc(-c3ccccc3)c2N2c3cc(-n4c5ccccc5c5ccccc54)ccc3B3c4ccc(-n5c6ccccc6c6ccccc65)cc4N(c4c(-c5ccccc5)cccc4-c4ccccc4)c4cc(-c5cccnc5)cc2c43)cc1. The zero-order chi connectivity index (χ0) is 58.5. The number of para-hydroxylation sites is 6. The van der Waals surface area contributed by atoms with Crippen LogP contribution in [0, 0.1) is 0 Å². The first kappa shape index (κ1) is 50.6. The molecule has 13 aromatic carbocycles. The third-order valence-electron chi connectivity index (χ3n) is 18.6. The van der Waals surface area contributed by atoms with Crippen LogP contribution in [0.4, 0.5) is 34.1 Å². The van der Waals surface area contributed by atoms with Crippen LogP contribution in [0.15, 0.2) is 328 Å². The van der Waals surface area contributed by atoms with E-state index in [1.165, 1.54) is 37.9 Å². The smallest absolute Gasteiger partial charge is 0.252 e. The summed E-state index contributed by atoms with van der Waals surface area (Å²) in [6.45, 7) is -0.229. The molecule has 0 fully saturated rings. The van der Waals surface area contributed by atoms with Gasteiger partial charge in [-0.05, 0) is 111 Å². The van der Waals surface area contributed by atoms with Gasteiger partial charge in [-0.1, -0.05) is 249 Å². The first-order valence-electron chi connectivity index (χ1n) is 30.6. The number of hydrogen-bond donors (Lipinski definition) is 0. The highest BCUT2D eigenvalue weighted by Crippen LogP contribution is 2.54. The van der Waals surface area contributed by atoms with E-state index in [2.05, 4.69) is 334 Å². The first-order valence-corrected chi connectivity index (χ1v) is 30.6. The predicted molar refractivity (Wildman–Crippen MR) is 374 cm³/mol. The Hall–Kier alpha value is -11.7. The minimum Gasteiger partial charge on any atom is -0.310 e. The Morgan fingerprint density at radius 2 is 0.596 bits per heavy atom. The van der Waals surface area contributed by atoms with Gasteiger partial charge in [0.05, 0.1) is 33.4 Å². The molecule has 2 aliphatic rings. The van der Waals surface area contributed by atoms with Crippen molar-refractivity contribution in [1.29, 1.82) is 0 Å². The lowest BCUT2D eigenvalue weighted by Gasteiger charge is -2.46. The standard InChI is InChI=1S/C83H54BN5/c1-5-24-55(25-6-1)63-37-21-38-64(56-26-7-2-8-27-56)82(63)88-77-52-61(86-73-41-17-13-33-67(73)68-34-14-18-42-74(68)86)45-47-71(77)84-72-48-46-62(87-75-43-19-15-35-69(75)70-36-16-20-44-76(70)87)53-78(72)89(80-51-60(50-79(88)81(80)84)59-32-23-49-85-54-59)83-65(57-28-9-3-10-29-57)39-22-40-66(83)58-30-11-4-12-31-58/h1-54H. The number of pyridine rings is 1. The summed E-state index contributed by atoms with van der Waals surface area (Å²) in [6, 6.07) is 117. The molecule has 5 nitrogen and oxygen atoms in total. The minimum absolute atomic E-state index is 0.229. The molecule has 16 aromatic rings. The largest absolute Gasteiger partial charge is 0.310 e. The van der Waals surface area contributed by atoms with Gasteiger partial charge in [-0.25, -0.2) is 0 Å². The van der Waals surface area contributed by atoms with Gasteiger partial charge in [0, 0.05) is 95.9 Å². The number of anilines is 6. The topological polar surface area (TPSA) is 29.2 Å². The fraction of sp³-hybridized carbons (Fsp3) is 0. The van der Waals surface area contributed by atoms with Gasteiger partial charge in [-0.2, -0.15) is 0 Å². The van der Waals surface area contributed by atoms with Crippen LogP contribution in [0.3, 0.4) is 0 Å². The Bertz CT molecular complexity index is 4910. The van der Waals surface area contributed by atoms with Crippen molar-refractivity contribution in [2.45, 2.75) is 0 Å².